The van der Waals surface area contributed by atoms with Gasteiger partial charge in [-0.15, -0.1) is 0 Å². The van der Waals surface area contributed by atoms with Gasteiger partial charge in [-0.25, -0.2) is 4.79 Å². The van der Waals surface area contributed by atoms with Crippen LogP contribution in [0, 0.1) is 17.8 Å². The van der Waals surface area contributed by atoms with E-state index in [1.165, 1.54) is 7.11 Å². The molecule has 0 radical (unpaired) electrons. The second-order valence-corrected chi connectivity index (χ2v) is 6.43. The lowest BCUT2D eigenvalue weighted by Gasteiger charge is -2.23. The van der Waals surface area contributed by atoms with Crippen molar-refractivity contribution in [3.63, 3.8) is 0 Å². The van der Waals surface area contributed by atoms with Crippen molar-refractivity contribution in [2.75, 3.05) is 7.11 Å². The molecule has 0 heterocycles. The topological polar surface area (TPSA) is 72.5 Å². The summed E-state index contributed by atoms with van der Waals surface area (Å²) in [7, 11) is 1.32. The molecule has 0 spiro atoms. The number of Topliss-reactive ketones (excluding diaryl/α,β-unsaturated/α-hetero) is 1. The Labute approximate surface area is 144 Å². The Morgan fingerprint density at radius 3 is 2.75 bits per heavy atom. The van der Waals surface area contributed by atoms with Crippen LogP contribution in [0.1, 0.15) is 46.0 Å². The van der Waals surface area contributed by atoms with Crippen molar-refractivity contribution in [3.8, 4) is 0 Å². The summed E-state index contributed by atoms with van der Waals surface area (Å²) in [4.78, 5) is 36.3. The molecule has 0 aromatic carbocycles. The van der Waals surface area contributed by atoms with Gasteiger partial charge in [0.25, 0.3) is 0 Å². The van der Waals surface area contributed by atoms with Crippen LogP contribution in [0.4, 0.5) is 0 Å². The van der Waals surface area contributed by atoms with Crippen molar-refractivity contribution in [1.82, 2.24) is 5.32 Å². The SMILES string of the molecule is C=C/C=C/C[C@@H]1C(=O)CC[C@@H]1CC(=O)NC(C(=O)OC)C(C)CC. The molecule has 0 aromatic rings. The van der Waals surface area contributed by atoms with Crippen molar-refractivity contribution in [2.45, 2.75) is 52.0 Å². The number of carbonyl (C=O) groups excluding carboxylic acids is 3. The van der Waals surface area contributed by atoms with E-state index in [2.05, 4.69) is 11.9 Å². The zero-order chi connectivity index (χ0) is 18.1. The minimum Gasteiger partial charge on any atom is -0.467 e. The number of allylic oxidation sites excluding steroid dienone is 3. The van der Waals surface area contributed by atoms with E-state index in [0.717, 1.165) is 12.8 Å². The number of ketones is 1. The fraction of sp³-hybridized carbons (Fsp3) is 0.632. The van der Waals surface area contributed by atoms with Gasteiger partial charge >= 0.3 is 5.97 Å². The maximum Gasteiger partial charge on any atom is 0.328 e. The molecular formula is C19H29NO4. The number of hydrogen-bond acceptors (Lipinski definition) is 4. The number of carbonyl (C=O) groups is 3. The summed E-state index contributed by atoms with van der Waals surface area (Å²) in [5.41, 5.74) is 0. The number of ether oxygens (including phenoxy) is 1. The fourth-order valence-corrected chi connectivity index (χ4v) is 3.13. The average molecular weight is 335 g/mol. The fourth-order valence-electron chi connectivity index (χ4n) is 3.13. The van der Waals surface area contributed by atoms with Gasteiger partial charge in [-0.3, -0.25) is 9.59 Å². The van der Waals surface area contributed by atoms with E-state index in [-0.39, 0.29) is 35.9 Å². The van der Waals surface area contributed by atoms with Gasteiger partial charge in [0.2, 0.25) is 5.91 Å². The van der Waals surface area contributed by atoms with Crippen LogP contribution < -0.4 is 5.32 Å². The summed E-state index contributed by atoms with van der Waals surface area (Å²) in [6, 6.07) is -0.635. The van der Waals surface area contributed by atoms with Gasteiger partial charge in [0.1, 0.15) is 11.8 Å². The highest BCUT2D eigenvalue weighted by molar-refractivity contribution is 5.87. The molecule has 4 atom stereocenters. The van der Waals surface area contributed by atoms with E-state index in [1.54, 1.807) is 6.08 Å². The molecule has 2 unspecified atom stereocenters. The summed E-state index contributed by atoms with van der Waals surface area (Å²) >= 11 is 0. The first-order valence-corrected chi connectivity index (χ1v) is 8.62. The zero-order valence-electron chi connectivity index (χ0n) is 14.9. The number of hydrogen-bond donors (Lipinski definition) is 1. The molecule has 134 valence electrons. The van der Waals surface area contributed by atoms with Crippen LogP contribution in [0.15, 0.2) is 24.8 Å². The maximum absolute atomic E-state index is 12.4. The van der Waals surface area contributed by atoms with Gasteiger partial charge in [-0.05, 0) is 24.7 Å². The molecule has 1 amide bonds. The van der Waals surface area contributed by atoms with Crippen molar-refractivity contribution in [2.24, 2.45) is 17.8 Å². The molecule has 1 rings (SSSR count). The lowest BCUT2D eigenvalue weighted by Crippen LogP contribution is -2.46. The molecular weight excluding hydrogens is 306 g/mol. The Kier molecular flexibility index (Phi) is 8.44. The molecule has 0 saturated heterocycles. The van der Waals surface area contributed by atoms with E-state index >= 15 is 0 Å². The highest BCUT2D eigenvalue weighted by Crippen LogP contribution is 2.34. The van der Waals surface area contributed by atoms with Gasteiger partial charge in [0.05, 0.1) is 7.11 Å². The zero-order valence-corrected chi connectivity index (χ0v) is 14.9. The molecule has 5 nitrogen and oxygen atoms in total. The molecule has 1 saturated carbocycles. The van der Waals surface area contributed by atoms with Crippen molar-refractivity contribution in [1.29, 1.82) is 0 Å². The molecule has 1 fully saturated rings. The summed E-state index contributed by atoms with van der Waals surface area (Å²) in [6.45, 7) is 7.48. The van der Waals surface area contributed by atoms with Gasteiger partial charge < -0.3 is 10.1 Å². The molecule has 1 aliphatic rings. The van der Waals surface area contributed by atoms with Crippen molar-refractivity contribution in [3.05, 3.63) is 24.8 Å². The monoisotopic (exact) mass is 335 g/mol. The number of esters is 1. The smallest absolute Gasteiger partial charge is 0.328 e. The molecule has 1 aliphatic carbocycles. The van der Waals surface area contributed by atoms with Gasteiger partial charge in [0.15, 0.2) is 0 Å². The highest BCUT2D eigenvalue weighted by Gasteiger charge is 2.36. The number of nitrogens with one attached hydrogen (secondary N) is 1. The molecule has 1 N–H and O–H groups in total. The van der Waals surface area contributed by atoms with Crippen molar-refractivity contribution < 1.29 is 19.1 Å². The van der Waals surface area contributed by atoms with Crippen LogP contribution in [0.25, 0.3) is 0 Å². The largest absolute Gasteiger partial charge is 0.467 e. The third-order valence-electron chi connectivity index (χ3n) is 4.84. The Bertz CT molecular complexity index is 498. The Hall–Kier alpha value is -1.91. The van der Waals surface area contributed by atoms with Crippen LogP contribution in [0.2, 0.25) is 0 Å². The number of methoxy groups -OCH3 is 1. The van der Waals surface area contributed by atoms with E-state index in [4.69, 9.17) is 4.74 Å². The van der Waals surface area contributed by atoms with Crippen molar-refractivity contribution >= 4 is 17.7 Å². The second kappa shape index (κ2) is 10.1. The minimum absolute atomic E-state index is 0.00192. The molecule has 0 bridgehead atoms. The third kappa shape index (κ3) is 5.62. The van der Waals surface area contributed by atoms with Crippen LogP contribution in [-0.2, 0) is 19.1 Å². The quantitative estimate of drug-likeness (QED) is 0.519. The lowest BCUT2D eigenvalue weighted by molar-refractivity contribution is -0.146. The minimum atomic E-state index is -0.635. The summed E-state index contributed by atoms with van der Waals surface area (Å²) < 4.78 is 4.78. The van der Waals surface area contributed by atoms with E-state index in [0.29, 0.717) is 12.8 Å². The maximum atomic E-state index is 12.4. The van der Waals surface area contributed by atoms with E-state index in [9.17, 15) is 14.4 Å². The van der Waals surface area contributed by atoms with Crippen LogP contribution in [0.5, 0.6) is 0 Å². The Balaban J connectivity index is 2.67. The first-order valence-electron chi connectivity index (χ1n) is 8.62. The van der Waals surface area contributed by atoms with E-state index < -0.39 is 12.0 Å². The molecule has 0 aromatic heterocycles. The van der Waals surface area contributed by atoms with Crippen LogP contribution in [-0.4, -0.2) is 30.8 Å². The number of rotatable bonds is 9. The average Bonchev–Trinajstić information content (AvgIpc) is 2.91. The second-order valence-electron chi connectivity index (χ2n) is 6.43. The Morgan fingerprint density at radius 2 is 2.17 bits per heavy atom. The number of amides is 1. The van der Waals surface area contributed by atoms with Gasteiger partial charge in [0, 0.05) is 18.8 Å². The molecule has 0 aliphatic heterocycles. The van der Waals surface area contributed by atoms with Crippen LogP contribution >= 0.6 is 0 Å². The van der Waals surface area contributed by atoms with Gasteiger partial charge in [-0.1, -0.05) is 45.1 Å². The van der Waals surface area contributed by atoms with Gasteiger partial charge in [-0.2, -0.15) is 0 Å². The first kappa shape index (κ1) is 20.1. The summed E-state index contributed by atoms with van der Waals surface area (Å²) in [5, 5.41) is 2.79. The summed E-state index contributed by atoms with van der Waals surface area (Å²) in [6.07, 6.45) is 8.32. The first-order chi connectivity index (χ1) is 11.4. The molecule has 24 heavy (non-hydrogen) atoms. The molecule has 5 heteroatoms. The lowest BCUT2D eigenvalue weighted by atomic mass is 9.89. The standard InChI is InChI=1S/C19H29NO4/c1-5-7-8-9-15-14(10-11-16(15)21)12-17(22)20-18(13(3)6-2)19(23)24-4/h5,7-8,13-15,18H,1,6,9-12H2,2-4H3,(H,20,22)/b8-7+/t13?,14-,15+,18?/m1/s1. The predicted octanol–water partition coefficient (Wildman–Crippen LogP) is 2.81. The highest BCUT2D eigenvalue weighted by atomic mass is 16.5. The normalized spacial score (nSPS) is 23.0. The third-order valence-corrected chi connectivity index (χ3v) is 4.84. The van der Waals surface area contributed by atoms with E-state index in [1.807, 2.05) is 26.0 Å². The van der Waals surface area contributed by atoms with Crippen LogP contribution in [0.3, 0.4) is 0 Å². The Morgan fingerprint density at radius 1 is 1.46 bits per heavy atom. The summed E-state index contributed by atoms with van der Waals surface area (Å²) in [5.74, 6) is -0.492. The predicted molar refractivity (Wildman–Crippen MR) is 93.2 cm³/mol.